The van der Waals surface area contributed by atoms with Gasteiger partial charge in [0.05, 0.1) is 32.9 Å². The highest BCUT2D eigenvalue weighted by Gasteiger charge is 2.15. The van der Waals surface area contributed by atoms with Crippen LogP contribution in [0.4, 0.5) is 0 Å². The number of nitrogens with zero attached hydrogens (tertiary/aromatic N) is 1. The second kappa shape index (κ2) is 6.73. The number of nitrogens with two attached hydrogens (primary N) is 1. The molecule has 0 aromatic rings. The quantitative estimate of drug-likeness (QED) is 0.360. The lowest BCUT2D eigenvalue weighted by atomic mass is 10.3. The third-order valence-electron chi connectivity index (χ3n) is 2.35. The Kier molecular flexibility index (Phi) is 6.36. The minimum Gasteiger partial charge on any atom is -0.366 e. The number of quaternary nitrogens is 1. The highest BCUT2D eigenvalue weighted by atomic mass is 32.2. The Labute approximate surface area is 102 Å². The van der Waals surface area contributed by atoms with Crippen molar-refractivity contribution >= 4 is 16.0 Å². The molecular weight excluding hydrogens is 244 g/mol. The molecule has 100 valence electrons. The summed E-state index contributed by atoms with van der Waals surface area (Å²) in [5.41, 5.74) is 4.95. The second-order valence-corrected chi connectivity index (χ2v) is 6.19. The van der Waals surface area contributed by atoms with Crippen molar-refractivity contribution in [1.82, 2.24) is 0 Å². The lowest BCUT2D eigenvalue weighted by Gasteiger charge is -2.29. The molecule has 0 radical (unpaired) electrons. The molecule has 3 N–H and O–H groups in total. The Bertz CT molecular complexity index is 374. The van der Waals surface area contributed by atoms with Crippen LogP contribution < -0.4 is 5.73 Å². The first-order valence-electron chi connectivity index (χ1n) is 5.35. The normalized spacial score (nSPS) is 13.1. The number of hydrogen-bond acceptors (Lipinski definition) is 3. The van der Waals surface area contributed by atoms with E-state index < -0.39 is 16.0 Å². The van der Waals surface area contributed by atoms with E-state index in [1.807, 2.05) is 14.1 Å². The molecule has 0 fully saturated rings. The van der Waals surface area contributed by atoms with E-state index >= 15 is 0 Å². The summed E-state index contributed by atoms with van der Waals surface area (Å²) in [6.07, 6.45) is 4.12. The second-order valence-electron chi connectivity index (χ2n) is 4.62. The van der Waals surface area contributed by atoms with Crippen LogP contribution in [0.15, 0.2) is 12.2 Å². The zero-order valence-electron chi connectivity index (χ0n) is 10.3. The Hall–Kier alpha value is -0.920. The number of primary amides is 1. The van der Waals surface area contributed by atoms with Crippen LogP contribution in [-0.4, -0.2) is 56.3 Å². The predicted molar refractivity (Wildman–Crippen MR) is 65.8 cm³/mol. The summed E-state index contributed by atoms with van der Waals surface area (Å²) in [5, 5.41) is 0. The molecule has 0 spiro atoms. The lowest BCUT2D eigenvalue weighted by Crippen LogP contribution is -2.41. The molecule has 1 amide bonds. The first kappa shape index (κ1) is 16.1. The van der Waals surface area contributed by atoms with Gasteiger partial charge in [-0.25, -0.2) is 0 Å². The van der Waals surface area contributed by atoms with Gasteiger partial charge in [0, 0.05) is 12.8 Å². The van der Waals surface area contributed by atoms with E-state index in [1.165, 1.54) is 6.08 Å². The SMILES string of the molecule is C[N+](C)(CCC=CC(N)=O)CCCS(=O)(=O)O. The van der Waals surface area contributed by atoms with Gasteiger partial charge in [0.2, 0.25) is 5.91 Å². The zero-order chi connectivity index (χ0) is 13.5. The largest absolute Gasteiger partial charge is 0.366 e. The molecule has 0 unspecified atom stereocenters. The van der Waals surface area contributed by atoms with Gasteiger partial charge >= 0.3 is 0 Å². The van der Waals surface area contributed by atoms with Crippen LogP contribution in [0.3, 0.4) is 0 Å². The van der Waals surface area contributed by atoms with Crippen LogP contribution in [0.5, 0.6) is 0 Å². The summed E-state index contributed by atoms with van der Waals surface area (Å²) in [4.78, 5) is 10.4. The molecule has 0 atom stereocenters. The van der Waals surface area contributed by atoms with E-state index in [-0.39, 0.29) is 5.75 Å². The Balaban J connectivity index is 3.91. The van der Waals surface area contributed by atoms with Gasteiger partial charge in [0.1, 0.15) is 0 Å². The Morgan fingerprint density at radius 2 is 1.94 bits per heavy atom. The fraction of sp³-hybridized carbons (Fsp3) is 0.700. The maximum absolute atomic E-state index is 10.5. The van der Waals surface area contributed by atoms with Crippen molar-refractivity contribution in [1.29, 1.82) is 0 Å². The van der Waals surface area contributed by atoms with Gasteiger partial charge in [-0.2, -0.15) is 8.42 Å². The van der Waals surface area contributed by atoms with Crippen LogP contribution in [0.1, 0.15) is 12.8 Å². The zero-order valence-corrected chi connectivity index (χ0v) is 11.1. The standard InChI is InChI=1S/C10H20N2O4S/c1-12(2,7-4-3-6-10(11)13)8-5-9-17(14,15)16/h3,6H,4-5,7-9H2,1-2H3,(H2-,11,13,14,15,16)/p+1. The van der Waals surface area contributed by atoms with E-state index in [4.69, 9.17) is 10.3 Å². The van der Waals surface area contributed by atoms with Crippen LogP contribution in [0.2, 0.25) is 0 Å². The first-order chi connectivity index (χ1) is 7.62. The number of hydrogen-bond donors (Lipinski definition) is 2. The summed E-state index contributed by atoms with van der Waals surface area (Å²) < 4.78 is 30.3. The minimum atomic E-state index is -3.87. The van der Waals surface area contributed by atoms with Crippen LogP contribution in [0, 0.1) is 0 Å². The number of carbonyl (C=O) groups excluding carboxylic acids is 1. The van der Waals surface area contributed by atoms with Gasteiger partial charge in [-0.05, 0) is 6.08 Å². The molecule has 0 aromatic heterocycles. The minimum absolute atomic E-state index is 0.216. The fourth-order valence-electron chi connectivity index (χ4n) is 1.41. The molecule has 6 nitrogen and oxygen atoms in total. The molecular formula is C10H21N2O4S+. The third kappa shape index (κ3) is 11.3. The summed E-state index contributed by atoms with van der Waals surface area (Å²) in [7, 11) is 0.0527. The maximum atomic E-state index is 10.5. The van der Waals surface area contributed by atoms with Gasteiger partial charge in [-0.15, -0.1) is 0 Å². The molecule has 0 aliphatic rings. The van der Waals surface area contributed by atoms with Gasteiger partial charge in [-0.3, -0.25) is 9.35 Å². The van der Waals surface area contributed by atoms with Gasteiger partial charge in [-0.1, -0.05) is 6.08 Å². The van der Waals surface area contributed by atoms with Gasteiger partial charge < -0.3 is 10.2 Å². The lowest BCUT2D eigenvalue weighted by molar-refractivity contribution is -0.889. The van der Waals surface area contributed by atoms with E-state index in [0.29, 0.717) is 23.9 Å². The van der Waals surface area contributed by atoms with Crippen LogP contribution in [-0.2, 0) is 14.9 Å². The average molecular weight is 265 g/mol. The molecule has 0 saturated heterocycles. The Morgan fingerprint density at radius 1 is 1.35 bits per heavy atom. The van der Waals surface area contributed by atoms with Gasteiger partial charge in [0.15, 0.2) is 0 Å². The smallest absolute Gasteiger partial charge is 0.265 e. The first-order valence-corrected chi connectivity index (χ1v) is 6.96. The number of amides is 1. The van der Waals surface area contributed by atoms with Gasteiger partial charge in [0.25, 0.3) is 10.1 Å². The summed E-state index contributed by atoms with van der Waals surface area (Å²) in [6.45, 7) is 1.42. The summed E-state index contributed by atoms with van der Waals surface area (Å²) >= 11 is 0. The van der Waals surface area contributed by atoms with Crippen molar-refractivity contribution in [2.75, 3.05) is 32.9 Å². The molecule has 0 aliphatic carbocycles. The van der Waals surface area contributed by atoms with Crippen molar-refractivity contribution in [3.63, 3.8) is 0 Å². The number of rotatable bonds is 8. The fourth-order valence-corrected chi connectivity index (χ4v) is 1.90. The van der Waals surface area contributed by atoms with Crippen LogP contribution in [0.25, 0.3) is 0 Å². The van der Waals surface area contributed by atoms with E-state index in [1.54, 1.807) is 6.08 Å². The molecule has 0 saturated carbocycles. The van der Waals surface area contributed by atoms with E-state index in [9.17, 15) is 13.2 Å². The van der Waals surface area contributed by atoms with Crippen molar-refractivity contribution in [3.05, 3.63) is 12.2 Å². The maximum Gasteiger partial charge on any atom is 0.265 e. The molecule has 7 heteroatoms. The van der Waals surface area contributed by atoms with Crippen molar-refractivity contribution in [3.8, 4) is 0 Å². The Morgan fingerprint density at radius 3 is 2.41 bits per heavy atom. The molecule has 0 aromatic carbocycles. The highest BCUT2D eigenvalue weighted by Crippen LogP contribution is 2.03. The molecule has 17 heavy (non-hydrogen) atoms. The monoisotopic (exact) mass is 265 g/mol. The van der Waals surface area contributed by atoms with E-state index in [0.717, 1.165) is 6.54 Å². The molecule has 0 bridgehead atoms. The topological polar surface area (TPSA) is 97.5 Å². The highest BCUT2D eigenvalue weighted by molar-refractivity contribution is 7.85. The predicted octanol–water partition coefficient (Wildman–Crippen LogP) is -0.228. The van der Waals surface area contributed by atoms with E-state index in [2.05, 4.69) is 0 Å². The van der Waals surface area contributed by atoms with Crippen molar-refractivity contribution < 1.29 is 22.2 Å². The molecule has 0 aliphatic heterocycles. The molecule has 0 heterocycles. The number of carbonyl (C=O) groups is 1. The van der Waals surface area contributed by atoms with Crippen LogP contribution >= 0.6 is 0 Å². The molecule has 0 rings (SSSR count). The van der Waals surface area contributed by atoms with Crippen molar-refractivity contribution in [2.45, 2.75) is 12.8 Å². The van der Waals surface area contributed by atoms with Crippen molar-refractivity contribution in [2.24, 2.45) is 5.73 Å². The summed E-state index contributed by atoms with van der Waals surface area (Å²) in [5.74, 6) is -0.687. The summed E-state index contributed by atoms with van der Waals surface area (Å²) in [6, 6.07) is 0. The third-order valence-corrected chi connectivity index (χ3v) is 3.15. The average Bonchev–Trinajstić information content (AvgIpc) is 2.09.